The van der Waals surface area contributed by atoms with Gasteiger partial charge in [-0.05, 0) is 24.6 Å². The van der Waals surface area contributed by atoms with E-state index in [0.717, 1.165) is 19.3 Å². The van der Waals surface area contributed by atoms with Crippen molar-refractivity contribution in [2.45, 2.75) is 26.2 Å². The van der Waals surface area contributed by atoms with E-state index in [1.165, 1.54) is 0 Å². The maximum Gasteiger partial charge on any atom is 0.173 e. The standard InChI is InChI=1S/C12H17ClN2O2/c1-2-3-4-7-17-11-6-5-9(13)8-10(11)12(14)15-16/h5-6,8,16H,2-4,7H2,1H3,(H2,14,15). The molecule has 0 fully saturated rings. The number of amidine groups is 1. The topological polar surface area (TPSA) is 67.8 Å². The van der Waals surface area contributed by atoms with E-state index in [1.807, 2.05) is 0 Å². The number of hydrogen-bond donors (Lipinski definition) is 2. The Morgan fingerprint density at radius 1 is 1.47 bits per heavy atom. The van der Waals surface area contributed by atoms with Crippen LogP contribution in [0, 0.1) is 0 Å². The molecule has 4 nitrogen and oxygen atoms in total. The first kappa shape index (κ1) is 13.6. The molecule has 0 aromatic heterocycles. The number of oxime groups is 1. The van der Waals surface area contributed by atoms with Crippen LogP contribution in [0.1, 0.15) is 31.7 Å². The Labute approximate surface area is 106 Å². The minimum atomic E-state index is -0.00186. The number of hydrogen-bond acceptors (Lipinski definition) is 3. The molecule has 0 radical (unpaired) electrons. The summed E-state index contributed by atoms with van der Waals surface area (Å²) >= 11 is 5.85. The molecule has 0 aliphatic heterocycles. The van der Waals surface area contributed by atoms with Gasteiger partial charge in [-0.2, -0.15) is 0 Å². The second kappa shape index (κ2) is 7.01. The molecule has 0 amide bonds. The van der Waals surface area contributed by atoms with Gasteiger partial charge >= 0.3 is 0 Å². The summed E-state index contributed by atoms with van der Waals surface area (Å²) in [6, 6.07) is 5.05. The van der Waals surface area contributed by atoms with Crippen LogP contribution < -0.4 is 10.5 Å². The highest BCUT2D eigenvalue weighted by Gasteiger charge is 2.09. The van der Waals surface area contributed by atoms with Crippen molar-refractivity contribution in [1.82, 2.24) is 0 Å². The number of ether oxygens (including phenoxy) is 1. The molecule has 3 N–H and O–H groups in total. The third kappa shape index (κ3) is 4.15. The molecule has 0 spiro atoms. The zero-order valence-electron chi connectivity index (χ0n) is 9.82. The molecule has 0 heterocycles. The van der Waals surface area contributed by atoms with Gasteiger partial charge < -0.3 is 15.7 Å². The molecule has 0 aliphatic rings. The smallest absolute Gasteiger partial charge is 0.173 e. The van der Waals surface area contributed by atoms with Crippen LogP contribution in [0.2, 0.25) is 5.02 Å². The monoisotopic (exact) mass is 256 g/mol. The fraction of sp³-hybridized carbons (Fsp3) is 0.417. The van der Waals surface area contributed by atoms with E-state index in [0.29, 0.717) is 22.9 Å². The first-order valence-corrected chi connectivity index (χ1v) is 5.97. The van der Waals surface area contributed by atoms with Gasteiger partial charge in [0, 0.05) is 5.02 Å². The Morgan fingerprint density at radius 2 is 2.24 bits per heavy atom. The van der Waals surface area contributed by atoms with E-state index in [2.05, 4.69) is 12.1 Å². The lowest BCUT2D eigenvalue weighted by molar-refractivity contribution is 0.303. The lowest BCUT2D eigenvalue weighted by atomic mass is 10.2. The Balaban J connectivity index is 2.76. The normalized spacial score (nSPS) is 11.5. The van der Waals surface area contributed by atoms with Gasteiger partial charge in [0.25, 0.3) is 0 Å². The molecule has 94 valence electrons. The number of unbranched alkanes of at least 4 members (excludes halogenated alkanes) is 2. The van der Waals surface area contributed by atoms with Crippen molar-refractivity contribution >= 4 is 17.4 Å². The summed E-state index contributed by atoms with van der Waals surface area (Å²) < 4.78 is 5.59. The van der Waals surface area contributed by atoms with E-state index in [9.17, 15) is 0 Å². The average Bonchev–Trinajstić information content (AvgIpc) is 2.35. The Kier molecular flexibility index (Phi) is 5.63. The molecular formula is C12H17ClN2O2. The van der Waals surface area contributed by atoms with Gasteiger partial charge in [-0.25, -0.2) is 0 Å². The summed E-state index contributed by atoms with van der Waals surface area (Å²) in [5, 5.41) is 12.2. The van der Waals surface area contributed by atoms with Gasteiger partial charge in [-0.1, -0.05) is 36.5 Å². The Bertz CT molecular complexity index is 394. The van der Waals surface area contributed by atoms with Crippen LogP contribution in [-0.2, 0) is 0 Å². The van der Waals surface area contributed by atoms with Crippen LogP contribution in [0.3, 0.4) is 0 Å². The molecule has 0 bridgehead atoms. The minimum Gasteiger partial charge on any atom is -0.493 e. The number of nitrogens with zero attached hydrogens (tertiary/aromatic N) is 1. The van der Waals surface area contributed by atoms with Gasteiger partial charge in [0.15, 0.2) is 5.84 Å². The summed E-state index contributed by atoms with van der Waals surface area (Å²) in [7, 11) is 0. The summed E-state index contributed by atoms with van der Waals surface area (Å²) in [5.41, 5.74) is 6.07. The first-order chi connectivity index (χ1) is 8.19. The third-order valence-electron chi connectivity index (χ3n) is 2.33. The van der Waals surface area contributed by atoms with Crippen molar-refractivity contribution < 1.29 is 9.94 Å². The molecule has 0 saturated heterocycles. The summed E-state index contributed by atoms with van der Waals surface area (Å²) in [5.74, 6) is 0.582. The second-order valence-corrected chi connectivity index (χ2v) is 4.12. The summed E-state index contributed by atoms with van der Waals surface area (Å²) in [6.07, 6.45) is 3.23. The number of nitrogens with two attached hydrogens (primary N) is 1. The fourth-order valence-electron chi connectivity index (χ4n) is 1.42. The molecule has 0 unspecified atom stereocenters. The largest absolute Gasteiger partial charge is 0.493 e. The molecule has 17 heavy (non-hydrogen) atoms. The molecule has 0 aliphatic carbocycles. The maximum absolute atomic E-state index is 8.68. The molecule has 1 aromatic rings. The molecule has 0 atom stereocenters. The zero-order chi connectivity index (χ0) is 12.7. The third-order valence-corrected chi connectivity index (χ3v) is 2.57. The van der Waals surface area contributed by atoms with E-state index < -0.39 is 0 Å². The molecular weight excluding hydrogens is 240 g/mol. The molecule has 5 heteroatoms. The molecule has 1 aromatic carbocycles. The van der Waals surface area contributed by atoms with Crippen LogP contribution >= 0.6 is 11.6 Å². The van der Waals surface area contributed by atoms with Crippen LogP contribution in [0.15, 0.2) is 23.4 Å². The summed E-state index contributed by atoms with van der Waals surface area (Å²) in [4.78, 5) is 0. The number of rotatable bonds is 6. The van der Waals surface area contributed by atoms with Crippen LogP contribution in [0.5, 0.6) is 5.75 Å². The number of halogens is 1. The zero-order valence-corrected chi connectivity index (χ0v) is 10.6. The van der Waals surface area contributed by atoms with Gasteiger partial charge in [0.05, 0.1) is 12.2 Å². The highest BCUT2D eigenvalue weighted by atomic mass is 35.5. The summed E-state index contributed by atoms with van der Waals surface area (Å²) in [6.45, 7) is 2.74. The molecule has 0 saturated carbocycles. The van der Waals surface area contributed by atoms with Crippen molar-refractivity contribution in [3.05, 3.63) is 28.8 Å². The van der Waals surface area contributed by atoms with E-state index >= 15 is 0 Å². The van der Waals surface area contributed by atoms with E-state index in [1.54, 1.807) is 18.2 Å². The average molecular weight is 257 g/mol. The predicted octanol–water partition coefficient (Wildman–Crippen LogP) is 3.00. The fourth-order valence-corrected chi connectivity index (χ4v) is 1.59. The van der Waals surface area contributed by atoms with Gasteiger partial charge in [0.1, 0.15) is 5.75 Å². The second-order valence-electron chi connectivity index (χ2n) is 3.68. The van der Waals surface area contributed by atoms with Crippen molar-refractivity contribution in [2.24, 2.45) is 10.9 Å². The first-order valence-electron chi connectivity index (χ1n) is 5.59. The predicted molar refractivity (Wildman–Crippen MR) is 69.0 cm³/mol. The van der Waals surface area contributed by atoms with Crippen LogP contribution in [-0.4, -0.2) is 17.6 Å². The van der Waals surface area contributed by atoms with Crippen molar-refractivity contribution in [2.75, 3.05) is 6.61 Å². The van der Waals surface area contributed by atoms with E-state index in [-0.39, 0.29) is 5.84 Å². The minimum absolute atomic E-state index is 0.00186. The Hall–Kier alpha value is -1.42. The Morgan fingerprint density at radius 3 is 2.88 bits per heavy atom. The van der Waals surface area contributed by atoms with Crippen LogP contribution in [0.25, 0.3) is 0 Å². The highest BCUT2D eigenvalue weighted by Crippen LogP contribution is 2.23. The quantitative estimate of drug-likeness (QED) is 0.270. The maximum atomic E-state index is 8.68. The van der Waals surface area contributed by atoms with Crippen molar-refractivity contribution in [1.29, 1.82) is 0 Å². The van der Waals surface area contributed by atoms with Gasteiger partial charge in [-0.3, -0.25) is 0 Å². The van der Waals surface area contributed by atoms with Gasteiger partial charge in [0.2, 0.25) is 0 Å². The number of benzene rings is 1. The van der Waals surface area contributed by atoms with Gasteiger partial charge in [-0.15, -0.1) is 0 Å². The molecule has 1 rings (SSSR count). The van der Waals surface area contributed by atoms with E-state index in [4.69, 9.17) is 27.3 Å². The van der Waals surface area contributed by atoms with Crippen molar-refractivity contribution in [3.63, 3.8) is 0 Å². The highest BCUT2D eigenvalue weighted by molar-refractivity contribution is 6.31. The van der Waals surface area contributed by atoms with Crippen molar-refractivity contribution in [3.8, 4) is 5.75 Å². The lowest BCUT2D eigenvalue weighted by Gasteiger charge is -2.10. The lowest BCUT2D eigenvalue weighted by Crippen LogP contribution is -2.15. The SMILES string of the molecule is CCCCCOc1ccc(Cl)cc1C(N)=NO. The van der Waals surface area contributed by atoms with Crippen LogP contribution in [0.4, 0.5) is 0 Å².